The number of alkyl carbamates (subject to hydrolysis) is 1. The molecular formula is C42H53N7O9. The lowest BCUT2D eigenvalue weighted by molar-refractivity contribution is -0.145. The number of rotatable bonds is 15. The molecule has 3 N–H and O–H groups in total. The second kappa shape index (κ2) is 18.2. The first-order chi connectivity index (χ1) is 27.7. The van der Waals surface area contributed by atoms with Gasteiger partial charge in [0.2, 0.25) is 11.8 Å². The molecule has 4 aromatic rings. The minimum atomic E-state index is -1.28. The molecule has 310 valence electrons. The van der Waals surface area contributed by atoms with Gasteiger partial charge in [-0.25, -0.2) is 19.1 Å². The Morgan fingerprint density at radius 3 is 2.40 bits per heavy atom. The molecule has 2 aromatic carbocycles. The van der Waals surface area contributed by atoms with Gasteiger partial charge in [-0.2, -0.15) is 0 Å². The summed E-state index contributed by atoms with van der Waals surface area (Å²) < 4.78 is 23.7. The van der Waals surface area contributed by atoms with Gasteiger partial charge in [0.1, 0.15) is 35.0 Å². The molecule has 3 amide bonds. The Kier molecular flexibility index (Phi) is 13.1. The van der Waals surface area contributed by atoms with Crippen LogP contribution >= 0.6 is 0 Å². The zero-order valence-electron chi connectivity index (χ0n) is 34.0. The predicted molar refractivity (Wildman–Crippen MR) is 214 cm³/mol. The van der Waals surface area contributed by atoms with E-state index in [9.17, 15) is 24.0 Å². The van der Waals surface area contributed by atoms with Crippen molar-refractivity contribution in [3.05, 3.63) is 87.0 Å². The quantitative estimate of drug-likeness (QED) is 0.117. The second-order valence-electron chi connectivity index (χ2n) is 16.2. The maximum atomic E-state index is 13.8. The summed E-state index contributed by atoms with van der Waals surface area (Å²) in [6.45, 7) is 10.5. The molecule has 2 aromatic heterocycles. The molecule has 58 heavy (non-hydrogen) atoms. The van der Waals surface area contributed by atoms with Crippen LogP contribution in [0.25, 0.3) is 11.0 Å². The lowest BCUT2D eigenvalue weighted by Crippen LogP contribution is -2.58. The number of fused-ring (bicyclic) bond motifs is 2. The Morgan fingerprint density at radius 2 is 1.69 bits per heavy atom. The number of aryl methyl sites for hydroxylation is 2. The summed E-state index contributed by atoms with van der Waals surface area (Å²) in [5.41, 5.74) is 4.95. The highest BCUT2D eigenvalue weighted by molar-refractivity contribution is 5.93. The van der Waals surface area contributed by atoms with Gasteiger partial charge in [-0.3, -0.25) is 9.59 Å². The normalized spacial score (nSPS) is 15.3. The molecule has 0 fully saturated rings. The summed E-state index contributed by atoms with van der Waals surface area (Å²) in [6.07, 6.45) is 4.91. The Morgan fingerprint density at radius 1 is 0.948 bits per heavy atom. The van der Waals surface area contributed by atoms with Crippen molar-refractivity contribution in [2.45, 2.75) is 104 Å². The number of nitrogens with zero attached hydrogens (tertiary/aromatic N) is 4. The zero-order chi connectivity index (χ0) is 41.6. The molecule has 0 unspecified atom stereocenters. The molecule has 4 heterocycles. The van der Waals surface area contributed by atoms with Gasteiger partial charge in [-0.05, 0) is 75.1 Å². The van der Waals surface area contributed by atoms with Gasteiger partial charge in [0.25, 0.3) is 0 Å². The average molecular weight is 800 g/mol. The molecule has 0 saturated carbocycles. The molecule has 0 aliphatic carbocycles. The number of amides is 3. The molecule has 0 spiro atoms. The van der Waals surface area contributed by atoms with Crippen molar-refractivity contribution in [2.75, 3.05) is 31.7 Å². The number of ether oxygens (including phenoxy) is 3. The number of hydrogen-bond donors (Lipinski definition) is 3. The van der Waals surface area contributed by atoms with E-state index >= 15 is 0 Å². The summed E-state index contributed by atoms with van der Waals surface area (Å²) >= 11 is 0. The molecule has 6 rings (SSSR count). The molecule has 2 aliphatic rings. The van der Waals surface area contributed by atoms with E-state index in [1.165, 1.54) is 24.4 Å². The van der Waals surface area contributed by atoms with Gasteiger partial charge >= 0.3 is 17.7 Å². The van der Waals surface area contributed by atoms with E-state index in [4.69, 9.17) is 18.6 Å². The number of carbonyl (C=O) groups is 4. The fraction of sp³-hybridized carbons (Fsp3) is 0.500. The Bertz CT molecular complexity index is 2170. The van der Waals surface area contributed by atoms with Gasteiger partial charge in [0.05, 0.1) is 33.1 Å². The molecule has 0 bridgehead atoms. The fourth-order valence-corrected chi connectivity index (χ4v) is 7.47. The largest absolute Gasteiger partial charge is 0.467 e. The van der Waals surface area contributed by atoms with Crippen LogP contribution in [0.2, 0.25) is 0 Å². The van der Waals surface area contributed by atoms with Crippen molar-refractivity contribution in [1.82, 2.24) is 30.9 Å². The van der Waals surface area contributed by atoms with Gasteiger partial charge < -0.3 is 39.5 Å². The topological polar surface area (TPSA) is 196 Å². The predicted octanol–water partition coefficient (Wildman–Crippen LogP) is 3.58. The van der Waals surface area contributed by atoms with Crippen molar-refractivity contribution >= 4 is 40.5 Å². The maximum Gasteiger partial charge on any atom is 0.408 e. The molecule has 2 aliphatic heterocycles. The van der Waals surface area contributed by atoms with Crippen LogP contribution in [0.1, 0.15) is 75.4 Å². The summed E-state index contributed by atoms with van der Waals surface area (Å²) in [6, 6.07) is 9.42. The van der Waals surface area contributed by atoms with Crippen LogP contribution < -0.4 is 26.5 Å². The minimum absolute atomic E-state index is 0.0701. The van der Waals surface area contributed by atoms with Crippen LogP contribution in [0.3, 0.4) is 0 Å². The number of aromatic nitrogens is 3. The van der Waals surface area contributed by atoms with E-state index in [2.05, 4.69) is 37.2 Å². The highest BCUT2D eigenvalue weighted by Gasteiger charge is 2.33. The third kappa shape index (κ3) is 10.4. The molecule has 16 nitrogen and oxygen atoms in total. The average Bonchev–Trinajstić information content (AvgIpc) is 3.62. The van der Waals surface area contributed by atoms with Crippen LogP contribution in [0.5, 0.6) is 0 Å². The van der Waals surface area contributed by atoms with E-state index < -0.39 is 59.1 Å². The number of benzene rings is 2. The van der Waals surface area contributed by atoms with Crippen LogP contribution in [-0.2, 0) is 61.0 Å². The van der Waals surface area contributed by atoms with Gasteiger partial charge in [-0.1, -0.05) is 49.4 Å². The first kappa shape index (κ1) is 41.9. The summed E-state index contributed by atoms with van der Waals surface area (Å²) in [5.74, 6) is -2.36. The number of esters is 1. The van der Waals surface area contributed by atoms with Crippen molar-refractivity contribution in [3.8, 4) is 0 Å². The van der Waals surface area contributed by atoms with Crippen LogP contribution in [-0.4, -0.2) is 89.4 Å². The van der Waals surface area contributed by atoms with E-state index in [0.717, 1.165) is 60.8 Å². The van der Waals surface area contributed by atoms with Crippen molar-refractivity contribution < 1.29 is 37.8 Å². The number of nitrogens with one attached hydrogen (secondary N) is 3. The second-order valence-corrected chi connectivity index (χ2v) is 16.2. The number of methoxy groups -OCH3 is 1. The molecule has 0 radical (unpaired) electrons. The lowest BCUT2D eigenvalue weighted by Gasteiger charge is -2.37. The monoisotopic (exact) mass is 799 g/mol. The maximum absolute atomic E-state index is 13.8. The minimum Gasteiger partial charge on any atom is -0.467 e. The molecule has 3 atom stereocenters. The van der Waals surface area contributed by atoms with Gasteiger partial charge in [0, 0.05) is 42.2 Å². The first-order valence-electron chi connectivity index (χ1n) is 19.7. The highest BCUT2D eigenvalue weighted by atomic mass is 16.6. The van der Waals surface area contributed by atoms with Gasteiger partial charge in [0.15, 0.2) is 0 Å². The van der Waals surface area contributed by atoms with E-state index in [-0.39, 0.29) is 26.2 Å². The highest BCUT2D eigenvalue weighted by Crippen LogP contribution is 2.40. The Balaban J connectivity index is 1.13. The smallest absolute Gasteiger partial charge is 0.408 e. The van der Waals surface area contributed by atoms with Crippen LogP contribution in [0, 0.1) is 5.92 Å². The molecule has 16 heteroatoms. The van der Waals surface area contributed by atoms with Crippen molar-refractivity contribution in [2.24, 2.45) is 5.92 Å². The summed E-state index contributed by atoms with van der Waals surface area (Å²) in [7, 11) is 1.24. The van der Waals surface area contributed by atoms with Crippen molar-refractivity contribution in [1.29, 1.82) is 0 Å². The first-order valence-corrected chi connectivity index (χ1v) is 19.7. The number of hydrogen-bond acceptors (Lipinski definition) is 12. The third-order valence-corrected chi connectivity index (χ3v) is 10.1. The summed E-state index contributed by atoms with van der Waals surface area (Å²) in [5, 5.41) is 17.4. The van der Waals surface area contributed by atoms with E-state index in [1.807, 2.05) is 30.3 Å². The Hall–Kier alpha value is -5.77. The zero-order valence-corrected chi connectivity index (χ0v) is 34.0. The van der Waals surface area contributed by atoms with Crippen LogP contribution in [0.15, 0.2) is 57.9 Å². The fourth-order valence-electron chi connectivity index (χ4n) is 7.47. The van der Waals surface area contributed by atoms with E-state index in [0.29, 0.717) is 11.3 Å². The van der Waals surface area contributed by atoms with Crippen LogP contribution in [0.4, 0.5) is 10.5 Å². The van der Waals surface area contributed by atoms with E-state index in [1.54, 1.807) is 45.5 Å². The lowest BCUT2D eigenvalue weighted by atomic mass is 9.89. The standard InChI is InChI=1S/C42H53N7O9/c1-25(2)35(39(52)43-32(40(53)55-6)18-26-12-8-7-9-13-26)45-38(51)33(44-41(54)58-42(3,4)5)24-56-23-29-22-49(47-46-29)21-28-20-34(50)57-37-30-15-11-17-48-16-10-14-27(36(30)48)19-31(28)37/h7-9,12-13,19-20,22,25,32-33,35H,10-11,14-18,21,23-24H2,1-6H3,(H,43,52)(H,44,54)(H,45,51)/t32-,33-,35-/m0/s1. The number of carbonyl (C=O) groups excluding carboxylic acids is 4. The SMILES string of the molecule is COC(=O)[C@H](Cc1ccccc1)NC(=O)[C@@H](NC(=O)[C@H](COCc1cn(Cc2cc(=O)oc3c4c5c(cc23)CCCN5CCC4)nn1)NC(=O)OC(C)(C)C)C(C)C. The molecular weight excluding hydrogens is 747 g/mol. The Labute approximate surface area is 336 Å². The summed E-state index contributed by atoms with van der Waals surface area (Å²) in [4.78, 5) is 68.1. The third-order valence-electron chi connectivity index (χ3n) is 10.1. The number of anilines is 1. The molecule has 0 saturated heterocycles. The van der Waals surface area contributed by atoms with Crippen molar-refractivity contribution in [3.63, 3.8) is 0 Å². The van der Waals surface area contributed by atoms with Gasteiger partial charge in [-0.15, -0.1) is 5.10 Å².